The molecule has 0 radical (unpaired) electrons. The SMILES string of the molecule is CSCC[C@H](N)C(=O)N1CCN(C(=O)Nc2cccc(C)c2)CC1. The number of nitrogens with zero attached hydrogens (tertiary/aromatic N) is 2. The summed E-state index contributed by atoms with van der Waals surface area (Å²) >= 11 is 1.69. The molecule has 1 fully saturated rings. The van der Waals surface area contributed by atoms with Crippen molar-refractivity contribution >= 4 is 29.4 Å². The summed E-state index contributed by atoms with van der Waals surface area (Å²) < 4.78 is 0. The molecule has 6 nitrogen and oxygen atoms in total. The fourth-order valence-electron chi connectivity index (χ4n) is 2.66. The maximum absolute atomic E-state index is 12.3. The number of benzene rings is 1. The Morgan fingerprint density at radius 2 is 1.92 bits per heavy atom. The number of piperazine rings is 1. The number of aryl methyl sites for hydroxylation is 1. The van der Waals surface area contributed by atoms with Crippen LogP contribution in [0.5, 0.6) is 0 Å². The topological polar surface area (TPSA) is 78.7 Å². The minimum Gasteiger partial charge on any atom is -0.338 e. The molecule has 1 atom stereocenters. The third-order valence-corrected chi connectivity index (χ3v) is 4.74. The van der Waals surface area contributed by atoms with Gasteiger partial charge in [0, 0.05) is 31.9 Å². The molecule has 1 saturated heterocycles. The van der Waals surface area contributed by atoms with E-state index in [-0.39, 0.29) is 11.9 Å². The molecule has 0 saturated carbocycles. The first kappa shape index (κ1) is 18.6. The van der Waals surface area contributed by atoms with Crippen LogP contribution in [0.25, 0.3) is 0 Å². The van der Waals surface area contributed by atoms with Crippen molar-refractivity contribution in [2.24, 2.45) is 5.73 Å². The van der Waals surface area contributed by atoms with E-state index in [0.29, 0.717) is 32.6 Å². The lowest BCUT2D eigenvalue weighted by atomic mass is 10.2. The van der Waals surface area contributed by atoms with E-state index in [0.717, 1.165) is 17.0 Å². The van der Waals surface area contributed by atoms with Gasteiger partial charge in [-0.3, -0.25) is 4.79 Å². The van der Waals surface area contributed by atoms with E-state index in [1.165, 1.54) is 0 Å². The first-order chi connectivity index (χ1) is 11.5. The highest BCUT2D eigenvalue weighted by molar-refractivity contribution is 7.98. The molecule has 1 aromatic rings. The van der Waals surface area contributed by atoms with Gasteiger partial charge in [0.05, 0.1) is 6.04 Å². The fourth-order valence-corrected chi connectivity index (χ4v) is 3.15. The Morgan fingerprint density at radius 3 is 2.54 bits per heavy atom. The lowest BCUT2D eigenvalue weighted by Gasteiger charge is -2.35. The van der Waals surface area contributed by atoms with Gasteiger partial charge in [-0.15, -0.1) is 0 Å². The lowest BCUT2D eigenvalue weighted by Crippen LogP contribution is -2.55. The van der Waals surface area contributed by atoms with Crippen LogP contribution in [0, 0.1) is 6.92 Å². The predicted molar refractivity (Wildman–Crippen MR) is 99.3 cm³/mol. The van der Waals surface area contributed by atoms with Gasteiger partial charge in [0.1, 0.15) is 0 Å². The molecule has 1 aliphatic heterocycles. The summed E-state index contributed by atoms with van der Waals surface area (Å²) in [5.41, 5.74) is 7.84. The van der Waals surface area contributed by atoms with Crippen molar-refractivity contribution < 1.29 is 9.59 Å². The van der Waals surface area contributed by atoms with Gasteiger partial charge in [-0.1, -0.05) is 12.1 Å². The van der Waals surface area contributed by atoms with Crippen LogP contribution in [0.1, 0.15) is 12.0 Å². The zero-order valence-electron chi connectivity index (χ0n) is 14.3. The summed E-state index contributed by atoms with van der Waals surface area (Å²) in [5, 5.41) is 2.90. The van der Waals surface area contributed by atoms with Crippen LogP contribution in [0.15, 0.2) is 24.3 Å². The fraction of sp³-hybridized carbons (Fsp3) is 0.529. The van der Waals surface area contributed by atoms with E-state index in [4.69, 9.17) is 5.73 Å². The van der Waals surface area contributed by atoms with Crippen LogP contribution in [0.2, 0.25) is 0 Å². The van der Waals surface area contributed by atoms with Gasteiger partial charge in [0.15, 0.2) is 0 Å². The number of nitrogens with one attached hydrogen (secondary N) is 1. The average molecular weight is 350 g/mol. The van der Waals surface area contributed by atoms with Crippen molar-refractivity contribution in [1.29, 1.82) is 0 Å². The number of urea groups is 1. The molecule has 0 bridgehead atoms. The van der Waals surface area contributed by atoms with Crippen molar-refractivity contribution in [2.45, 2.75) is 19.4 Å². The third kappa shape index (κ3) is 5.14. The molecular weight excluding hydrogens is 324 g/mol. The number of carbonyl (C=O) groups is 2. The first-order valence-electron chi connectivity index (χ1n) is 8.17. The Labute approximate surface area is 147 Å². The number of nitrogens with two attached hydrogens (primary N) is 1. The average Bonchev–Trinajstić information content (AvgIpc) is 2.59. The second kappa shape index (κ2) is 8.94. The number of amides is 3. The van der Waals surface area contributed by atoms with Gasteiger partial charge in [0.25, 0.3) is 0 Å². The summed E-state index contributed by atoms with van der Waals surface area (Å²) in [6.07, 6.45) is 2.69. The zero-order chi connectivity index (χ0) is 17.5. The van der Waals surface area contributed by atoms with E-state index < -0.39 is 6.04 Å². The molecule has 1 aromatic carbocycles. The number of thioether (sulfide) groups is 1. The molecule has 1 heterocycles. The first-order valence-corrected chi connectivity index (χ1v) is 9.56. The minimum atomic E-state index is -0.440. The monoisotopic (exact) mass is 350 g/mol. The second-order valence-electron chi connectivity index (χ2n) is 6.00. The van der Waals surface area contributed by atoms with Gasteiger partial charge in [-0.25, -0.2) is 4.79 Å². The largest absolute Gasteiger partial charge is 0.338 e. The molecule has 0 aromatic heterocycles. The van der Waals surface area contributed by atoms with E-state index in [1.54, 1.807) is 21.6 Å². The maximum Gasteiger partial charge on any atom is 0.321 e. The zero-order valence-corrected chi connectivity index (χ0v) is 15.1. The van der Waals surface area contributed by atoms with Gasteiger partial charge in [0.2, 0.25) is 5.91 Å². The highest BCUT2D eigenvalue weighted by Crippen LogP contribution is 2.12. The number of hydrogen-bond acceptors (Lipinski definition) is 4. The number of hydrogen-bond donors (Lipinski definition) is 2. The molecule has 2 rings (SSSR count). The summed E-state index contributed by atoms with van der Waals surface area (Å²) in [6, 6.07) is 7.14. The lowest BCUT2D eigenvalue weighted by molar-refractivity contribution is -0.134. The number of anilines is 1. The van der Waals surface area contributed by atoms with Crippen LogP contribution < -0.4 is 11.1 Å². The summed E-state index contributed by atoms with van der Waals surface area (Å²) in [6.45, 7) is 4.11. The molecular formula is C17H26N4O2S. The van der Waals surface area contributed by atoms with Crippen LogP contribution in [-0.2, 0) is 4.79 Å². The normalized spacial score (nSPS) is 16.0. The molecule has 24 heavy (non-hydrogen) atoms. The summed E-state index contributed by atoms with van der Waals surface area (Å²) in [4.78, 5) is 28.1. The molecule has 3 N–H and O–H groups in total. The summed E-state index contributed by atoms with van der Waals surface area (Å²) in [7, 11) is 0. The standard InChI is InChI=1S/C17H26N4O2S/c1-13-4-3-5-14(12-13)19-17(23)21-9-7-20(8-10-21)16(22)15(18)6-11-24-2/h3-5,12,15H,6-11,18H2,1-2H3,(H,19,23)/t15-/m0/s1. The Kier molecular flexibility index (Phi) is 6.93. The molecule has 0 spiro atoms. The number of rotatable bonds is 5. The van der Waals surface area contributed by atoms with Crippen molar-refractivity contribution in [2.75, 3.05) is 43.5 Å². The molecule has 0 aliphatic carbocycles. The van der Waals surface area contributed by atoms with Crippen LogP contribution in [0.4, 0.5) is 10.5 Å². The van der Waals surface area contributed by atoms with E-state index >= 15 is 0 Å². The van der Waals surface area contributed by atoms with Gasteiger partial charge >= 0.3 is 6.03 Å². The van der Waals surface area contributed by atoms with Crippen LogP contribution in [-0.4, -0.2) is 66.0 Å². The number of carbonyl (C=O) groups excluding carboxylic acids is 2. The smallest absolute Gasteiger partial charge is 0.321 e. The molecule has 132 valence electrons. The Bertz CT molecular complexity index is 573. The van der Waals surface area contributed by atoms with Gasteiger partial charge < -0.3 is 20.9 Å². The third-order valence-electron chi connectivity index (χ3n) is 4.10. The van der Waals surface area contributed by atoms with Crippen molar-refractivity contribution in [3.63, 3.8) is 0 Å². The second-order valence-corrected chi connectivity index (χ2v) is 6.99. The van der Waals surface area contributed by atoms with Crippen LogP contribution in [0.3, 0.4) is 0 Å². The molecule has 0 unspecified atom stereocenters. The highest BCUT2D eigenvalue weighted by atomic mass is 32.2. The van der Waals surface area contributed by atoms with Gasteiger partial charge in [-0.2, -0.15) is 11.8 Å². The Hall–Kier alpha value is -1.73. The van der Waals surface area contributed by atoms with E-state index in [1.807, 2.05) is 37.4 Å². The predicted octanol–water partition coefficient (Wildman–Crippen LogP) is 1.75. The van der Waals surface area contributed by atoms with Gasteiger partial charge in [-0.05, 0) is 43.0 Å². The quantitative estimate of drug-likeness (QED) is 0.848. The Morgan fingerprint density at radius 1 is 1.25 bits per heavy atom. The van der Waals surface area contributed by atoms with Crippen molar-refractivity contribution in [3.8, 4) is 0 Å². The van der Waals surface area contributed by atoms with E-state index in [2.05, 4.69) is 5.32 Å². The van der Waals surface area contributed by atoms with Crippen molar-refractivity contribution in [1.82, 2.24) is 9.80 Å². The minimum absolute atomic E-state index is 0.0113. The van der Waals surface area contributed by atoms with Crippen LogP contribution >= 0.6 is 11.8 Å². The molecule has 3 amide bonds. The van der Waals surface area contributed by atoms with E-state index in [9.17, 15) is 9.59 Å². The Balaban J connectivity index is 1.81. The summed E-state index contributed by atoms with van der Waals surface area (Å²) in [5.74, 6) is 0.869. The highest BCUT2D eigenvalue weighted by Gasteiger charge is 2.27. The molecule has 7 heteroatoms. The maximum atomic E-state index is 12.3. The molecule has 1 aliphatic rings. The van der Waals surface area contributed by atoms with Crippen molar-refractivity contribution in [3.05, 3.63) is 29.8 Å².